The van der Waals surface area contributed by atoms with Crippen molar-refractivity contribution in [2.45, 2.75) is 37.6 Å². The molecule has 4 nitrogen and oxygen atoms in total. The highest BCUT2D eigenvalue weighted by molar-refractivity contribution is 8.00. The first-order valence-electron chi connectivity index (χ1n) is 8.26. The van der Waals surface area contributed by atoms with Crippen LogP contribution in [0, 0.1) is 0 Å². The number of esters is 1. The van der Waals surface area contributed by atoms with Gasteiger partial charge < -0.3 is 10.1 Å². The Kier molecular flexibility index (Phi) is 7.59. The van der Waals surface area contributed by atoms with Crippen molar-refractivity contribution in [1.82, 2.24) is 5.32 Å². The molecule has 0 fully saturated rings. The van der Waals surface area contributed by atoms with Crippen LogP contribution in [0.15, 0.2) is 41.3 Å². The minimum absolute atomic E-state index is 0.0865. The lowest BCUT2D eigenvalue weighted by Crippen LogP contribution is -2.35. The third-order valence-corrected chi connectivity index (χ3v) is 5.00. The molecule has 0 aliphatic rings. The van der Waals surface area contributed by atoms with Gasteiger partial charge in [0, 0.05) is 21.3 Å². The summed E-state index contributed by atoms with van der Waals surface area (Å²) in [5.74, 6) is -0.567. The van der Waals surface area contributed by atoms with Crippen molar-refractivity contribution < 1.29 is 14.3 Å². The zero-order valence-electron chi connectivity index (χ0n) is 14.4. The normalized spacial score (nSPS) is 12.0. The van der Waals surface area contributed by atoms with Crippen LogP contribution in [0.1, 0.15) is 26.7 Å². The third-order valence-electron chi connectivity index (χ3n) is 3.65. The third kappa shape index (κ3) is 5.94. The Morgan fingerprint density at radius 2 is 1.96 bits per heavy atom. The predicted octanol–water partition coefficient (Wildman–Crippen LogP) is 4.43. The van der Waals surface area contributed by atoms with Crippen molar-refractivity contribution in [2.24, 2.45) is 0 Å². The zero-order valence-corrected chi connectivity index (χ0v) is 16.0. The van der Waals surface area contributed by atoms with E-state index in [1.165, 1.54) is 11.8 Å². The van der Waals surface area contributed by atoms with Gasteiger partial charge in [0.15, 0.2) is 6.61 Å². The summed E-state index contributed by atoms with van der Waals surface area (Å²) >= 11 is 7.63. The molecule has 0 saturated heterocycles. The number of carbonyl (C=O) groups is 2. The fourth-order valence-electron chi connectivity index (χ4n) is 2.53. The van der Waals surface area contributed by atoms with Gasteiger partial charge in [-0.05, 0) is 30.9 Å². The van der Waals surface area contributed by atoms with Gasteiger partial charge in [-0.15, -0.1) is 11.8 Å². The van der Waals surface area contributed by atoms with Gasteiger partial charge in [-0.3, -0.25) is 9.59 Å². The predicted molar refractivity (Wildman–Crippen MR) is 103 cm³/mol. The molecule has 2 aromatic rings. The van der Waals surface area contributed by atoms with Crippen molar-refractivity contribution in [1.29, 1.82) is 0 Å². The van der Waals surface area contributed by atoms with Gasteiger partial charge in [0.2, 0.25) is 0 Å². The van der Waals surface area contributed by atoms with Crippen molar-refractivity contribution in [3.63, 3.8) is 0 Å². The number of halogens is 1. The maximum Gasteiger partial charge on any atom is 0.316 e. The standard InChI is InChI=1S/C19H22ClNO3S/c1-3-6-13(2)21-17(22)11-24-18(23)12-25-16-10-5-8-14-7-4-9-15(20)19(14)16/h4-5,7-10,13H,3,6,11-12H2,1-2H3,(H,21,22)/t13-/m0/s1. The number of hydrogen-bond donors (Lipinski definition) is 1. The molecular weight excluding hydrogens is 358 g/mol. The number of rotatable bonds is 8. The number of thioether (sulfide) groups is 1. The van der Waals surface area contributed by atoms with Gasteiger partial charge in [0.1, 0.15) is 0 Å². The van der Waals surface area contributed by atoms with E-state index < -0.39 is 5.97 Å². The van der Waals surface area contributed by atoms with Crippen LogP contribution in [0.25, 0.3) is 10.8 Å². The van der Waals surface area contributed by atoms with Crippen LogP contribution in [-0.2, 0) is 14.3 Å². The first kappa shape index (κ1) is 19.6. The van der Waals surface area contributed by atoms with Gasteiger partial charge in [-0.25, -0.2) is 0 Å². The Hall–Kier alpha value is -1.72. The summed E-state index contributed by atoms with van der Waals surface area (Å²) in [5.41, 5.74) is 0. The average Bonchev–Trinajstić information content (AvgIpc) is 2.58. The van der Waals surface area contributed by atoms with Crippen molar-refractivity contribution >= 4 is 46.0 Å². The Labute approximate surface area is 157 Å². The van der Waals surface area contributed by atoms with Crippen LogP contribution in [0.2, 0.25) is 5.02 Å². The molecule has 0 aliphatic carbocycles. The van der Waals surface area contributed by atoms with Crippen LogP contribution in [0.4, 0.5) is 0 Å². The van der Waals surface area contributed by atoms with E-state index in [1.807, 2.05) is 43.3 Å². The number of amides is 1. The smallest absolute Gasteiger partial charge is 0.316 e. The molecule has 0 unspecified atom stereocenters. The number of ether oxygens (including phenoxy) is 1. The topological polar surface area (TPSA) is 55.4 Å². The molecule has 6 heteroatoms. The van der Waals surface area contributed by atoms with Gasteiger partial charge in [0.25, 0.3) is 5.91 Å². The average molecular weight is 380 g/mol. The molecule has 1 atom stereocenters. The van der Waals surface area contributed by atoms with E-state index in [9.17, 15) is 9.59 Å². The first-order valence-corrected chi connectivity index (χ1v) is 9.62. The highest BCUT2D eigenvalue weighted by Crippen LogP contribution is 2.33. The quantitative estimate of drug-likeness (QED) is 0.544. The lowest BCUT2D eigenvalue weighted by Gasteiger charge is -2.12. The molecule has 1 N–H and O–H groups in total. The van der Waals surface area contributed by atoms with Gasteiger partial charge in [0.05, 0.1) is 5.75 Å². The van der Waals surface area contributed by atoms with Crippen LogP contribution >= 0.6 is 23.4 Å². The van der Waals surface area contributed by atoms with Crippen molar-refractivity contribution in [2.75, 3.05) is 12.4 Å². The molecule has 25 heavy (non-hydrogen) atoms. The van der Waals surface area contributed by atoms with E-state index in [4.69, 9.17) is 16.3 Å². The minimum atomic E-state index is -0.424. The summed E-state index contributed by atoms with van der Waals surface area (Å²) in [6, 6.07) is 11.6. The summed E-state index contributed by atoms with van der Waals surface area (Å²) in [6.07, 6.45) is 1.89. The van der Waals surface area contributed by atoms with Crippen LogP contribution in [-0.4, -0.2) is 30.3 Å². The monoisotopic (exact) mass is 379 g/mol. The maximum absolute atomic E-state index is 11.9. The second kappa shape index (κ2) is 9.68. The Balaban J connectivity index is 1.86. The Morgan fingerprint density at radius 1 is 1.24 bits per heavy atom. The molecule has 2 aromatic carbocycles. The summed E-state index contributed by atoms with van der Waals surface area (Å²) in [6.45, 7) is 3.74. The number of fused-ring (bicyclic) bond motifs is 1. The van der Waals surface area contributed by atoms with Gasteiger partial charge >= 0.3 is 5.97 Å². The number of carbonyl (C=O) groups excluding carboxylic acids is 2. The molecular formula is C19H22ClNO3S. The summed E-state index contributed by atoms with van der Waals surface area (Å²) in [5, 5.41) is 5.40. The largest absolute Gasteiger partial charge is 0.455 e. The number of nitrogens with one attached hydrogen (secondary N) is 1. The van der Waals surface area contributed by atoms with E-state index in [0.717, 1.165) is 28.5 Å². The molecule has 134 valence electrons. The fourth-order valence-corrected chi connectivity index (χ4v) is 3.77. The highest BCUT2D eigenvalue weighted by Gasteiger charge is 2.12. The molecule has 0 aromatic heterocycles. The highest BCUT2D eigenvalue weighted by atomic mass is 35.5. The second-order valence-electron chi connectivity index (χ2n) is 5.80. The summed E-state index contributed by atoms with van der Waals surface area (Å²) in [7, 11) is 0. The second-order valence-corrected chi connectivity index (χ2v) is 7.23. The van der Waals surface area contributed by atoms with Gasteiger partial charge in [-0.1, -0.05) is 49.2 Å². The summed E-state index contributed by atoms with van der Waals surface area (Å²) < 4.78 is 5.04. The van der Waals surface area contributed by atoms with Crippen LogP contribution < -0.4 is 5.32 Å². The lowest BCUT2D eigenvalue weighted by molar-refractivity contribution is -0.146. The first-order chi connectivity index (χ1) is 12.0. The minimum Gasteiger partial charge on any atom is -0.455 e. The molecule has 0 saturated carbocycles. The Morgan fingerprint density at radius 3 is 2.68 bits per heavy atom. The Bertz CT molecular complexity index is 745. The molecule has 2 rings (SSSR count). The molecule has 0 aliphatic heterocycles. The zero-order chi connectivity index (χ0) is 18.2. The van der Waals surface area contributed by atoms with E-state index >= 15 is 0 Å². The van der Waals surface area contributed by atoms with Crippen molar-refractivity contribution in [3.8, 4) is 0 Å². The van der Waals surface area contributed by atoms with Gasteiger partial charge in [-0.2, -0.15) is 0 Å². The molecule has 0 radical (unpaired) electrons. The SMILES string of the molecule is CCC[C@H](C)NC(=O)COC(=O)CSc1cccc2cccc(Cl)c12. The summed E-state index contributed by atoms with van der Waals surface area (Å²) in [4.78, 5) is 24.5. The van der Waals surface area contributed by atoms with Crippen LogP contribution in [0.3, 0.4) is 0 Å². The molecule has 1 amide bonds. The van der Waals surface area contributed by atoms with E-state index in [0.29, 0.717) is 5.02 Å². The van der Waals surface area contributed by atoms with E-state index in [-0.39, 0.29) is 24.3 Å². The van der Waals surface area contributed by atoms with Crippen LogP contribution in [0.5, 0.6) is 0 Å². The lowest BCUT2D eigenvalue weighted by atomic mass is 10.1. The van der Waals surface area contributed by atoms with E-state index in [1.54, 1.807) is 0 Å². The maximum atomic E-state index is 11.9. The molecule has 0 spiro atoms. The van der Waals surface area contributed by atoms with E-state index in [2.05, 4.69) is 12.2 Å². The van der Waals surface area contributed by atoms with Crippen molar-refractivity contribution in [3.05, 3.63) is 41.4 Å². The molecule has 0 bridgehead atoms. The number of benzene rings is 2. The number of hydrogen-bond acceptors (Lipinski definition) is 4. The molecule has 0 heterocycles. The fraction of sp³-hybridized carbons (Fsp3) is 0.368.